The fraction of sp³-hybridized carbons (Fsp3) is 0.238. The Hall–Kier alpha value is -2.97. The van der Waals surface area contributed by atoms with Crippen LogP contribution in [0.25, 0.3) is 0 Å². The summed E-state index contributed by atoms with van der Waals surface area (Å²) in [5, 5.41) is 15.6. The van der Waals surface area contributed by atoms with Crippen molar-refractivity contribution in [1.82, 2.24) is 0 Å². The molecule has 2 aromatic rings. The molecule has 0 saturated carbocycles. The number of benzene rings is 2. The highest BCUT2D eigenvalue weighted by atomic mass is 35.5. The van der Waals surface area contributed by atoms with Crippen LogP contribution >= 0.6 is 11.6 Å². The second-order valence-electron chi connectivity index (χ2n) is 5.90. The number of carbonyl (C=O) groups is 1. The van der Waals surface area contributed by atoms with Crippen LogP contribution in [-0.2, 0) is 4.79 Å². The smallest absolute Gasteiger partial charge is 0.267 e. The summed E-state index contributed by atoms with van der Waals surface area (Å²) in [6.45, 7) is 7.90. The molecule has 27 heavy (non-hydrogen) atoms. The number of halogens is 1. The zero-order valence-corrected chi connectivity index (χ0v) is 16.5. The zero-order valence-electron chi connectivity index (χ0n) is 15.7. The summed E-state index contributed by atoms with van der Waals surface area (Å²) in [4.78, 5) is 14.6. The molecule has 0 aliphatic rings. The maximum atomic E-state index is 12.4. The molecule has 6 heteroatoms. The molecule has 0 unspecified atom stereocenters. The molecule has 0 spiro atoms. The van der Waals surface area contributed by atoms with Crippen LogP contribution in [0.3, 0.4) is 0 Å². The molecule has 2 aromatic carbocycles. The van der Waals surface area contributed by atoms with E-state index in [1.165, 1.54) is 6.20 Å². The molecule has 0 aliphatic carbocycles. The second-order valence-corrected chi connectivity index (χ2v) is 6.31. The Morgan fingerprint density at radius 1 is 1.19 bits per heavy atom. The molecule has 0 aliphatic heterocycles. The zero-order chi connectivity index (χ0) is 19.8. The van der Waals surface area contributed by atoms with E-state index in [1.807, 2.05) is 37.3 Å². The molecular weight excluding hydrogens is 360 g/mol. The van der Waals surface area contributed by atoms with Crippen molar-refractivity contribution >= 4 is 34.6 Å². The molecule has 0 atom stereocenters. The number of amides is 1. The van der Waals surface area contributed by atoms with Gasteiger partial charge in [-0.25, -0.2) is 0 Å². The van der Waals surface area contributed by atoms with E-state index in [1.54, 1.807) is 18.2 Å². The average molecular weight is 383 g/mol. The summed E-state index contributed by atoms with van der Waals surface area (Å²) < 4.78 is 0. The fourth-order valence-corrected chi connectivity index (χ4v) is 2.77. The van der Waals surface area contributed by atoms with Gasteiger partial charge < -0.3 is 15.5 Å². The first-order valence-corrected chi connectivity index (χ1v) is 9.16. The number of nitrogens with zero attached hydrogens (tertiary/aromatic N) is 2. The van der Waals surface area contributed by atoms with E-state index in [4.69, 9.17) is 11.6 Å². The first-order valence-electron chi connectivity index (χ1n) is 8.78. The maximum Gasteiger partial charge on any atom is 0.267 e. The van der Waals surface area contributed by atoms with Crippen molar-refractivity contribution in [2.24, 2.45) is 0 Å². The van der Waals surface area contributed by atoms with Gasteiger partial charge in [-0.15, -0.1) is 0 Å². The number of nitriles is 1. The van der Waals surface area contributed by atoms with E-state index in [0.29, 0.717) is 10.7 Å². The van der Waals surface area contributed by atoms with E-state index >= 15 is 0 Å². The van der Waals surface area contributed by atoms with Crippen molar-refractivity contribution < 1.29 is 4.79 Å². The molecule has 0 saturated heterocycles. The monoisotopic (exact) mass is 382 g/mol. The van der Waals surface area contributed by atoms with Crippen molar-refractivity contribution in [3.63, 3.8) is 0 Å². The summed E-state index contributed by atoms with van der Waals surface area (Å²) in [6.07, 6.45) is 1.40. The molecule has 5 nitrogen and oxygen atoms in total. The van der Waals surface area contributed by atoms with Crippen LogP contribution in [0, 0.1) is 18.3 Å². The average Bonchev–Trinajstić information content (AvgIpc) is 2.68. The van der Waals surface area contributed by atoms with Crippen molar-refractivity contribution in [1.29, 1.82) is 5.26 Å². The summed E-state index contributed by atoms with van der Waals surface area (Å²) in [7, 11) is 0. The summed E-state index contributed by atoms with van der Waals surface area (Å²) in [5.74, 6) is -0.491. The van der Waals surface area contributed by atoms with Crippen LogP contribution in [-0.4, -0.2) is 19.0 Å². The molecule has 2 rings (SSSR count). The van der Waals surface area contributed by atoms with E-state index in [9.17, 15) is 10.1 Å². The Morgan fingerprint density at radius 2 is 1.85 bits per heavy atom. The lowest BCUT2D eigenvalue weighted by Gasteiger charge is -2.21. The minimum atomic E-state index is -0.491. The summed E-state index contributed by atoms with van der Waals surface area (Å²) >= 11 is 6.06. The first-order chi connectivity index (χ1) is 13.0. The van der Waals surface area contributed by atoms with Crippen molar-refractivity contribution in [3.8, 4) is 6.07 Å². The second kappa shape index (κ2) is 9.65. The van der Waals surface area contributed by atoms with Gasteiger partial charge in [-0.2, -0.15) is 5.26 Å². The van der Waals surface area contributed by atoms with E-state index in [0.717, 1.165) is 30.0 Å². The summed E-state index contributed by atoms with van der Waals surface area (Å²) in [5.41, 5.74) is 3.23. The number of rotatable bonds is 7. The van der Waals surface area contributed by atoms with Crippen LogP contribution in [0.2, 0.25) is 5.02 Å². The Morgan fingerprint density at radius 3 is 2.44 bits per heavy atom. The first kappa shape index (κ1) is 20.3. The highest BCUT2D eigenvalue weighted by Crippen LogP contribution is 2.23. The van der Waals surface area contributed by atoms with Crippen LogP contribution in [0.1, 0.15) is 19.4 Å². The Bertz CT molecular complexity index is 865. The van der Waals surface area contributed by atoms with Gasteiger partial charge in [0.05, 0.1) is 0 Å². The predicted molar refractivity (Wildman–Crippen MR) is 112 cm³/mol. The minimum absolute atomic E-state index is 0.0257. The normalized spacial score (nSPS) is 10.9. The lowest BCUT2D eigenvalue weighted by molar-refractivity contribution is -0.112. The van der Waals surface area contributed by atoms with Gasteiger partial charge in [0.1, 0.15) is 11.6 Å². The minimum Gasteiger partial charge on any atom is -0.372 e. The quantitative estimate of drug-likeness (QED) is 0.525. The van der Waals surface area contributed by atoms with Crippen LogP contribution in [0.4, 0.5) is 17.1 Å². The molecule has 140 valence electrons. The third-order valence-corrected chi connectivity index (χ3v) is 4.67. The van der Waals surface area contributed by atoms with Crippen molar-refractivity contribution in [2.75, 3.05) is 28.6 Å². The van der Waals surface area contributed by atoms with Crippen LogP contribution < -0.4 is 15.5 Å². The summed E-state index contributed by atoms with van der Waals surface area (Å²) in [6, 6.07) is 15.0. The third kappa shape index (κ3) is 5.25. The number of nitrogens with one attached hydrogen (secondary N) is 2. The van der Waals surface area contributed by atoms with E-state index < -0.39 is 5.91 Å². The van der Waals surface area contributed by atoms with Crippen molar-refractivity contribution in [2.45, 2.75) is 20.8 Å². The lowest BCUT2D eigenvalue weighted by Crippen LogP contribution is -2.21. The van der Waals surface area contributed by atoms with Gasteiger partial charge in [0.25, 0.3) is 5.91 Å². The standard InChI is InChI=1S/C21H23ClN4O/c1-4-26(5-2)18-11-9-17(10-12-18)24-14-16(13-23)21(27)25-20-8-6-7-19(22)15(20)3/h6-12,14,24H,4-5H2,1-3H3,(H,25,27)/b16-14-. The van der Waals surface area contributed by atoms with Gasteiger partial charge in [-0.1, -0.05) is 17.7 Å². The highest BCUT2D eigenvalue weighted by Gasteiger charge is 2.11. The predicted octanol–water partition coefficient (Wildman–Crippen LogP) is 4.95. The molecule has 0 aromatic heterocycles. The van der Waals surface area contributed by atoms with Gasteiger partial charge >= 0.3 is 0 Å². The van der Waals surface area contributed by atoms with Gasteiger partial charge in [-0.05, 0) is 62.7 Å². The molecule has 2 N–H and O–H groups in total. The molecule has 0 radical (unpaired) electrons. The number of carbonyl (C=O) groups excluding carboxylic acids is 1. The van der Waals surface area contributed by atoms with E-state index in [-0.39, 0.29) is 5.57 Å². The maximum absolute atomic E-state index is 12.4. The highest BCUT2D eigenvalue weighted by molar-refractivity contribution is 6.31. The number of hydrogen-bond acceptors (Lipinski definition) is 4. The van der Waals surface area contributed by atoms with Crippen LogP contribution in [0.15, 0.2) is 54.2 Å². The molecule has 0 heterocycles. The Labute approximate surface area is 165 Å². The van der Waals surface area contributed by atoms with Gasteiger partial charge in [0, 0.05) is 41.4 Å². The molecule has 0 fully saturated rings. The topological polar surface area (TPSA) is 68.2 Å². The number of hydrogen-bond donors (Lipinski definition) is 2. The fourth-order valence-electron chi connectivity index (χ4n) is 2.59. The SMILES string of the molecule is CCN(CC)c1ccc(N/C=C(/C#N)C(=O)Nc2cccc(Cl)c2C)cc1. The van der Waals surface area contributed by atoms with Crippen LogP contribution in [0.5, 0.6) is 0 Å². The number of anilines is 3. The van der Waals surface area contributed by atoms with Gasteiger partial charge in [-0.3, -0.25) is 4.79 Å². The largest absolute Gasteiger partial charge is 0.372 e. The molecule has 1 amide bonds. The van der Waals surface area contributed by atoms with E-state index in [2.05, 4.69) is 29.4 Å². The van der Waals surface area contributed by atoms with Gasteiger partial charge in [0.2, 0.25) is 0 Å². The molecular formula is C21H23ClN4O. The van der Waals surface area contributed by atoms with Gasteiger partial charge in [0.15, 0.2) is 0 Å². The lowest BCUT2D eigenvalue weighted by atomic mass is 10.2. The molecule has 0 bridgehead atoms. The third-order valence-electron chi connectivity index (χ3n) is 4.26. The Kier molecular flexibility index (Phi) is 7.27. The Balaban J connectivity index is 2.08. The van der Waals surface area contributed by atoms with Crippen molar-refractivity contribution in [3.05, 3.63) is 64.8 Å².